The Hall–Kier alpha value is -1.21. The highest BCUT2D eigenvalue weighted by molar-refractivity contribution is 7.91. The number of ether oxygens (including phenoxy) is 1. The number of thiocarbonyl (C=S) groups is 1. The lowest BCUT2D eigenvalue weighted by Crippen LogP contribution is -2.18. The van der Waals surface area contributed by atoms with Gasteiger partial charge in [-0.25, -0.2) is 12.8 Å². The molecule has 2 rings (SSSR count). The highest BCUT2D eigenvalue weighted by atomic mass is 32.2. The molecule has 18 heavy (non-hydrogen) atoms. The summed E-state index contributed by atoms with van der Waals surface area (Å²) >= 11 is 4.73. The minimum Gasteiger partial charge on any atom is -0.486 e. The molecule has 0 aromatic heterocycles. The van der Waals surface area contributed by atoms with E-state index < -0.39 is 21.8 Å². The molecule has 1 saturated heterocycles. The molecule has 1 atom stereocenters. The van der Waals surface area contributed by atoms with Crippen LogP contribution >= 0.6 is 12.2 Å². The molecule has 1 unspecified atom stereocenters. The number of benzene rings is 1. The van der Waals surface area contributed by atoms with Gasteiger partial charge >= 0.3 is 0 Å². The molecule has 1 aliphatic rings. The van der Waals surface area contributed by atoms with Crippen LogP contribution in [0.5, 0.6) is 5.75 Å². The average Bonchev–Trinajstić information content (AvgIpc) is 2.61. The summed E-state index contributed by atoms with van der Waals surface area (Å²) in [7, 11) is -3.04. The van der Waals surface area contributed by atoms with E-state index in [1.165, 1.54) is 12.1 Å². The van der Waals surface area contributed by atoms with Crippen molar-refractivity contribution >= 4 is 27.0 Å². The zero-order chi connectivity index (χ0) is 13.3. The third-order valence-corrected chi connectivity index (χ3v) is 4.67. The van der Waals surface area contributed by atoms with Crippen LogP contribution in [0.25, 0.3) is 0 Å². The van der Waals surface area contributed by atoms with Gasteiger partial charge in [0.05, 0.1) is 11.5 Å². The van der Waals surface area contributed by atoms with Crippen LogP contribution in [0.3, 0.4) is 0 Å². The predicted molar refractivity (Wildman–Crippen MR) is 70.0 cm³/mol. The van der Waals surface area contributed by atoms with Crippen LogP contribution in [0, 0.1) is 5.82 Å². The van der Waals surface area contributed by atoms with Gasteiger partial charge in [-0.15, -0.1) is 0 Å². The van der Waals surface area contributed by atoms with E-state index in [1.807, 2.05) is 0 Å². The summed E-state index contributed by atoms with van der Waals surface area (Å²) in [4.78, 5) is 0.101. The molecule has 0 radical (unpaired) electrons. The lowest BCUT2D eigenvalue weighted by molar-refractivity contribution is 0.218. The van der Waals surface area contributed by atoms with Gasteiger partial charge in [0.25, 0.3) is 0 Å². The second-order valence-electron chi connectivity index (χ2n) is 4.15. The first kappa shape index (κ1) is 13.2. The number of hydrogen-bond acceptors (Lipinski definition) is 4. The zero-order valence-electron chi connectivity index (χ0n) is 9.43. The van der Waals surface area contributed by atoms with Crippen molar-refractivity contribution in [1.29, 1.82) is 0 Å². The minimum absolute atomic E-state index is 0.0251. The SMILES string of the molecule is NC(=S)c1ccc(OC2CCS(=O)(=O)C2)c(F)c1. The molecule has 1 aromatic rings. The number of rotatable bonds is 3. The zero-order valence-corrected chi connectivity index (χ0v) is 11.1. The van der Waals surface area contributed by atoms with E-state index in [4.69, 9.17) is 22.7 Å². The molecular weight excluding hydrogens is 277 g/mol. The van der Waals surface area contributed by atoms with Crippen LogP contribution in [0.15, 0.2) is 18.2 Å². The third kappa shape index (κ3) is 2.97. The molecule has 0 aliphatic carbocycles. The van der Waals surface area contributed by atoms with Gasteiger partial charge < -0.3 is 10.5 Å². The van der Waals surface area contributed by atoms with Crippen LogP contribution < -0.4 is 10.5 Å². The number of sulfone groups is 1. The van der Waals surface area contributed by atoms with Crippen molar-refractivity contribution in [3.05, 3.63) is 29.6 Å². The van der Waals surface area contributed by atoms with Gasteiger partial charge in [0, 0.05) is 5.56 Å². The number of halogens is 1. The van der Waals surface area contributed by atoms with Crippen molar-refractivity contribution in [3.63, 3.8) is 0 Å². The molecule has 1 aliphatic heterocycles. The fraction of sp³-hybridized carbons (Fsp3) is 0.364. The van der Waals surface area contributed by atoms with Gasteiger partial charge in [-0.1, -0.05) is 12.2 Å². The predicted octanol–water partition coefficient (Wildman–Crippen LogP) is 1.03. The van der Waals surface area contributed by atoms with E-state index in [9.17, 15) is 12.8 Å². The largest absolute Gasteiger partial charge is 0.486 e. The lowest BCUT2D eigenvalue weighted by Gasteiger charge is -2.13. The molecular formula is C11H12FNO3S2. The molecule has 1 heterocycles. The van der Waals surface area contributed by atoms with E-state index in [0.717, 1.165) is 0 Å². The maximum Gasteiger partial charge on any atom is 0.165 e. The summed E-state index contributed by atoms with van der Waals surface area (Å²) in [5.41, 5.74) is 5.79. The highest BCUT2D eigenvalue weighted by Crippen LogP contribution is 2.23. The Morgan fingerprint density at radius 1 is 1.50 bits per heavy atom. The van der Waals surface area contributed by atoms with Crippen LogP contribution in [0.4, 0.5) is 4.39 Å². The van der Waals surface area contributed by atoms with Gasteiger partial charge in [0.2, 0.25) is 0 Å². The first-order valence-corrected chi connectivity index (χ1v) is 7.57. The van der Waals surface area contributed by atoms with E-state index in [1.54, 1.807) is 6.07 Å². The minimum atomic E-state index is -3.04. The maximum absolute atomic E-state index is 13.7. The summed E-state index contributed by atoms with van der Waals surface area (Å²) in [5.74, 6) is -0.546. The molecule has 0 amide bonds. The molecule has 1 aromatic carbocycles. The summed E-state index contributed by atoms with van der Waals surface area (Å²) in [6.07, 6.45) is -0.0982. The Morgan fingerprint density at radius 3 is 2.72 bits per heavy atom. The monoisotopic (exact) mass is 289 g/mol. The summed E-state index contributed by atoms with van der Waals surface area (Å²) in [6.45, 7) is 0. The number of nitrogens with two attached hydrogens (primary N) is 1. The van der Waals surface area contributed by atoms with Gasteiger partial charge in [0.15, 0.2) is 21.4 Å². The Bertz CT molecular complexity index is 586. The van der Waals surface area contributed by atoms with E-state index >= 15 is 0 Å². The van der Waals surface area contributed by atoms with Gasteiger partial charge in [-0.2, -0.15) is 0 Å². The fourth-order valence-corrected chi connectivity index (χ4v) is 3.50. The van der Waals surface area contributed by atoms with Crippen molar-refractivity contribution in [2.45, 2.75) is 12.5 Å². The van der Waals surface area contributed by atoms with Gasteiger partial charge in [-0.3, -0.25) is 0 Å². The van der Waals surface area contributed by atoms with Crippen LogP contribution in [0.2, 0.25) is 0 Å². The molecule has 7 heteroatoms. The van der Waals surface area contributed by atoms with Crippen molar-refractivity contribution in [1.82, 2.24) is 0 Å². The first-order valence-electron chi connectivity index (χ1n) is 5.34. The maximum atomic E-state index is 13.7. The molecule has 0 spiro atoms. The van der Waals surface area contributed by atoms with Crippen LogP contribution in [0.1, 0.15) is 12.0 Å². The summed E-state index contributed by atoms with van der Waals surface area (Å²) < 4.78 is 41.5. The second-order valence-corrected chi connectivity index (χ2v) is 6.82. The van der Waals surface area contributed by atoms with E-state index in [-0.39, 0.29) is 22.2 Å². The molecule has 4 nitrogen and oxygen atoms in total. The molecule has 2 N–H and O–H groups in total. The standard InChI is InChI=1S/C11H12FNO3S2/c12-9-5-7(11(13)17)1-2-10(9)16-8-3-4-18(14,15)6-8/h1-2,5,8H,3-4,6H2,(H2,13,17). The molecule has 0 saturated carbocycles. The molecule has 98 valence electrons. The molecule has 1 fully saturated rings. The summed E-state index contributed by atoms with van der Waals surface area (Å²) in [5, 5.41) is 0. The van der Waals surface area contributed by atoms with E-state index in [2.05, 4.69) is 0 Å². The second kappa shape index (κ2) is 4.81. The third-order valence-electron chi connectivity index (χ3n) is 2.70. The smallest absolute Gasteiger partial charge is 0.165 e. The van der Waals surface area contributed by atoms with Crippen molar-refractivity contribution < 1.29 is 17.5 Å². The average molecular weight is 289 g/mol. The topological polar surface area (TPSA) is 69.4 Å². The Balaban J connectivity index is 2.13. The number of hydrogen-bond donors (Lipinski definition) is 1. The first-order chi connectivity index (χ1) is 8.37. The van der Waals surface area contributed by atoms with Gasteiger partial charge in [-0.05, 0) is 24.6 Å². The Kier molecular flexibility index (Phi) is 3.54. The molecule has 0 bridgehead atoms. The highest BCUT2D eigenvalue weighted by Gasteiger charge is 2.29. The Morgan fingerprint density at radius 2 is 2.22 bits per heavy atom. The normalized spacial score (nSPS) is 21.7. The summed E-state index contributed by atoms with van der Waals surface area (Å²) in [6, 6.07) is 4.14. The van der Waals surface area contributed by atoms with Crippen molar-refractivity contribution in [2.24, 2.45) is 5.73 Å². The van der Waals surface area contributed by atoms with Crippen molar-refractivity contribution in [3.8, 4) is 5.75 Å². The quantitative estimate of drug-likeness (QED) is 0.842. The Labute approximate surface area is 110 Å². The van der Waals surface area contributed by atoms with E-state index in [0.29, 0.717) is 12.0 Å². The van der Waals surface area contributed by atoms with Crippen LogP contribution in [-0.2, 0) is 9.84 Å². The fourth-order valence-electron chi connectivity index (χ4n) is 1.78. The van der Waals surface area contributed by atoms with Crippen molar-refractivity contribution in [2.75, 3.05) is 11.5 Å². The van der Waals surface area contributed by atoms with Crippen LogP contribution in [-0.4, -0.2) is 31.0 Å². The lowest BCUT2D eigenvalue weighted by atomic mass is 10.2. The van der Waals surface area contributed by atoms with Gasteiger partial charge in [0.1, 0.15) is 11.1 Å².